The standard InChI is InChI=1S/C25H24N2O3/c1-28-19-9-3-6-16(13-19)12-18-8-5-11-21-23(17-7-4-10-20(14-17)29-2)22(15-26)25(27)30-24(18)21/h3-4,6-7,9-10,12-14,23H,5,8,11,27H2,1-2H3/b18-12+/t23-/m0/s1. The van der Waals surface area contributed by atoms with Crippen molar-refractivity contribution < 1.29 is 14.2 Å². The number of hydrogen-bond acceptors (Lipinski definition) is 5. The van der Waals surface area contributed by atoms with Gasteiger partial charge in [-0.3, -0.25) is 0 Å². The number of ether oxygens (including phenoxy) is 3. The number of methoxy groups -OCH3 is 2. The van der Waals surface area contributed by atoms with Crippen LogP contribution in [0.3, 0.4) is 0 Å². The van der Waals surface area contributed by atoms with Gasteiger partial charge in [0.25, 0.3) is 0 Å². The zero-order valence-electron chi connectivity index (χ0n) is 17.1. The van der Waals surface area contributed by atoms with Crippen LogP contribution in [0, 0.1) is 11.3 Å². The number of nitrogens with two attached hydrogens (primary N) is 1. The first-order chi connectivity index (χ1) is 14.6. The van der Waals surface area contributed by atoms with Crippen molar-refractivity contribution in [2.45, 2.75) is 25.2 Å². The largest absolute Gasteiger partial charge is 0.497 e. The zero-order chi connectivity index (χ0) is 21.1. The summed E-state index contributed by atoms with van der Waals surface area (Å²) >= 11 is 0. The SMILES string of the molecule is COc1cccc(/C=C2\CCCC3=C2OC(N)=C(C#N)[C@H]3c2cccc(OC)c2)c1. The van der Waals surface area contributed by atoms with Gasteiger partial charge in [-0.1, -0.05) is 24.3 Å². The summed E-state index contributed by atoms with van der Waals surface area (Å²) in [4.78, 5) is 0. The summed E-state index contributed by atoms with van der Waals surface area (Å²) in [5.41, 5.74) is 10.9. The number of allylic oxidation sites excluding steroid dienone is 3. The third kappa shape index (κ3) is 3.65. The quantitative estimate of drug-likeness (QED) is 0.778. The van der Waals surface area contributed by atoms with E-state index in [1.54, 1.807) is 14.2 Å². The molecule has 0 spiro atoms. The Balaban J connectivity index is 1.82. The molecule has 5 heteroatoms. The molecule has 2 aromatic rings. The van der Waals surface area contributed by atoms with E-state index in [1.165, 1.54) is 0 Å². The highest BCUT2D eigenvalue weighted by Gasteiger charge is 2.35. The van der Waals surface area contributed by atoms with Crippen molar-refractivity contribution in [3.63, 3.8) is 0 Å². The molecule has 152 valence electrons. The third-order valence-electron chi connectivity index (χ3n) is 5.57. The Kier molecular flexibility index (Phi) is 5.49. The van der Waals surface area contributed by atoms with Gasteiger partial charge in [0.15, 0.2) is 0 Å². The number of nitriles is 1. The third-order valence-corrected chi connectivity index (χ3v) is 5.57. The van der Waals surface area contributed by atoms with E-state index < -0.39 is 0 Å². The minimum Gasteiger partial charge on any atom is -0.497 e. The molecule has 1 aliphatic heterocycles. The van der Waals surface area contributed by atoms with Crippen LogP contribution in [0.1, 0.15) is 36.3 Å². The molecule has 1 heterocycles. The van der Waals surface area contributed by atoms with Crippen molar-refractivity contribution in [1.82, 2.24) is 0 Å². The lowest BCUT2D eigenvalue weighted by Gasteiger charge is -2.33. The highest BCUT2D eigenvalue weighted by Crippen LogP contribution is 2.47. The van der Waals surface area contributed by atoms with Crippen LogP contribution in [0.25, 0.3) is 6.08 Å². The molecule has 0 fully saturated rings. The summed E-state index contributed by atoms with van der Waals surface area (Å²) in [6, 6.07) is 18.0. The number of nitrogens with zero attached hydrogens (tertiary/aromatic N) is 1. The Hall–Kier alpha value is -3.65. The van der Waals surface area contributed by atoms with Crippen molar-refractivity contribution in [1.29, 1.82) is 5.26 Å². The summed E-state index contributed by atoms with van der Waals surface area (Å²) < 4.78 is 16.8. The van der Waals surface area contributed by atoms with Gasteiger partial charge in [-0.25, -0.2) is 0 Å². The van der Waals surface area contributed by atoms with E-state index in [0.717, 1.165) is 58.8 Å². The van der Waals surface area contributed by atoms with Gasteiger partial charge in [-0.05, 0) is 71.9 Å². The minimum atomic E-state index is -0.233. The predicted octanol–water partition coefficient (Wildman–Crippen LogP) is 5.03. The monoisotopic (exact) mass is 400 g/mol. The molecular weight excluding hydrogens is 376 g/mol. The highest BCUT2D eigenvalue weighted by molar-refractivity contribution is 5.63. The van der Waals surface area contributed by atoms with Crippen molar-refractivity contribution in [3.05, 3.63) is 88.0 Å². The number of benzene rings is 2. The lowest BCUT2D eigenvalue weighted by atomic mass is 9.77. The average Bonchev–Trinajstić information content (AvgIpc) is 2.78. The van der Waals surface area contributed by atoms with E-state index in [0.29, 0.717) is 5.57 Å². The summed E-state index contributed by atoms with van der Waals surface area (Å²) in [5.74, 6) is 2.28. The maximum atomic E-state index is 9.82. The molecule has 0 aromatic heterocycles. The predicted molar refractivity (Wildman–Crippen MR) is 115 cm³/mol. The molecule has 0 unspecified atom stereocenters. The highest BCUT2D eigenvalue weighted by atomic mass is 16.5. The van der Waals surface area contributed by atoms with Crippen molar-refractivity contribution in [2.75, 3.05) is 14.2 Å². The van der Waals surface area contributed by atoms with Gasteiger partial charge in [-0.2, -0.15) is 5.26 Å². The first kappa shape index (κ1) is 19.7. The lowest BCUT2D eigenvalue weighted by molar-refractivity contribution is 0.277. The first-order valence-electron chi connectivity index (χ1n) is 9.94. The van der Waals surface area contributed by atoms with Crippen LogP contribution in [0.4, 0.5) is 0 Å². The smallest absolute Gasteiger partial charge is 0.205 e. The molecule has 0 amide bonds. The van der Waals surface area contributed by atoms with Crippen LogP contribution in [0.5, 0.6) is 11.5 Å². The van der Waals surface area contributed by atoms with Crippen LogP contribution in [-0.2, 0) is 4.74 Å². The summed E-state index contributed by atoms with van der Waals surface area (Å²) in [6.07, 6.45) is 4.84. The Morgan fingerprint density at radius 2 is 1.80 bits per heavy atom. The maximum Gasteiger partial charge on any atom is 0.205 e. The van der Waals surface area contributed by atoms with Crippen LogP contribution in [0.2, 0.25) is 0 Å². The van der Waals surface area contributed by atoms with Crippen LogP contribution >= 0.6 is 0 Å². The van der Waals surface area contributed by atoms with Gasteiger partial charge in [-0.15, -0.1) is 0 Å². The van der Waals surface area contributed by atoms with Gasteiger partial charge >= 0.3 is 0 Å². The molecular formula is C25H24N2O3. The molecule has 1 atom stereocenters. The number of hydrogen-bond donors (Lipinski definition) is 1. The van der Waals surface area contributed by atoms with Crippen molar-refractivity contribution >= 4 is 6.08 Å². The molecule has 2 aromatic carbocycles. The van der Waals surface area contributed by atoms with E-state index >= 15 is 0 Å². The van der Waals surface area contributed by atoms with Crippen molar-refractivity contribution in [3.8, 4) is 17.6 Å². The fraction of sp³-hybridized carbons (Fsp3) is 0.240. The van der Waals surface area contributed by atoms with Gasteiger partial charge in [0.2, 0.25) is 5.88 Å². The molecule has 30 heavy (non-hydrogen) atoms. The maximum absolute atomic E-state index is 9.82. The van der Waals surface area contributed by atoms with Gasteiger partial charge < -0.3 is 19.9 Å². The van der Waals surface area contributed by atoms with E-state index in [9.17, 15) is 5.26 Å². The second kappa shape index (κ2) is 8.38. The van der Waals surface area contributed by atoms with Crippen LogP contribution < -0.4 is 15.2 Å². The molecule has 4 rings (SSSR count). The first-order valence-corrected chi connectivity index (χ1v) is 9.94. The van der Waals surface area contributed by atoms with Gasteiger partial charge in [0.05, 0.1) is 14.2 Å². The number of rotatable bonds is 4. The Morgan fingerprint density at radius 1 is 1.07 bits per heavy atom. The van der Waals surface area contributed by atoms with E-state index in [4.69, 9.17) is 19.9 Å². The molecule has 0 bridgehead atoms. The molecule has 5 nitrogen and oxygen atoms in total. The van der Waals surface area contributed by atoms with E-state index in [1.807, 2.05) is 48.5 Å². The van der Waals surface area contributed by atoms with E-state index in [2.05, 4.69) is 12.1 Å². The summed E-state index contributed by atoms with van der Waals surface area (Å²) in [5, 5.41) is 9.82. The Labute approximate surface area is 176 Å². The second-order valence-corrected chi connectivity index (χ2v) is 7.36. The normalized spacial score (nSPS) is 19.8. The van der Waals surface area contributed by atoms with Crippen molar-refractivity contribution in [2.24, 2.45) is 5.73 Å². The molecule has 0 radical (unpaired) electrons. The summed E-state index contributed by atoms with van der Waals surface area (Å²) in [7, 11) is 3.30. The van der Waals surface area contributed by atoms with E-state index in [-0.39, 0.29) is 11.8 Å². The molecule has 0 saturated carbocycles. The fourth-order valence-electron chi connectivity index (χ4n) is 4.17. The fourth-order valence-corrected chi connectivity index (χ4v) is 4.17. The zero-order valence-corrected chi connectivity index (χ0v) is 17.1. The minimum absolute atomic E-state index is 0.169. The lowest BCUT2D eigenvalue weighted by Crippen LogP contribution is -2.23. The Morgan fingerprint density at radius 3 is 2.53 bits per heavy atom. The molecule has 2 aliphatic rings. The average molecular weight is 400 g/mol. The van der Waals surface area contributed by atoms with Gasteiger partial charge in [0, 0.05) is 5.92 Å². The van der Waals surface area contributed by atoms with Gasteiger partial charge in [0.1, 0.15) is 28.9 Å². The Bertz CT molecular complexity index is 1110. The molecule has 0 saturated heterocycles. The molecule has 2 N–H and O–H groups in total. The summed E-state index contributed by atoms with van der Waals surface area (Å²) in [6.45, 7) is 0. The van der Waals surface area contributed by atoms with Crippen LogP contribution in [-0.4, -0.2) is 14.2 Å². The van der Waals surface area contributed by atoms with Crippen LogP contribution in [0.15, 0.2) is 76.9 Å². The molecule has 1 aliphatic carbocycles. The topological polar surface area (TPSA) is 77.5 Å². The second-order valence-electron chi connectivity index (χ2n) is 7.36.